The van der Waals surface area contributed by atoms with Crippen molar-refractivity contribution in [3.8, 4) is 0 Å². The molecular formula is C14H11FO. The van der Waals surface area contributed by atoms with E-state index in [1.54, 1.807) is 30.3 Å². The van der Waals surface area contributed by atoms with Gasteiger partial charge in [0.05, 0.1) is 0 Å². The predicted molar refractivity (Wildman–Crippen MR) is 61.0 cm³/mol. The second-order valence-corrected chi connectivity index (χ2v) is 3.63. The third-order valence-electron chi connectivity index (χ3n) is 2.44. The summed E-state index contributed by atoms with van der Waals surface area (Å²) in [6, 6.07) is 13.9. The molecule has 16 heavy (non-hydrogen) atoms. The minimum atomic E-state index is -0.209. The lowest BCUT2D eigenvalue weighted by atomic mass is 10.0. The Balaban J connectivity index is 2.27. The lowest BCUT2D eigenvalue weighted by molar-refractivity contribution is 0.112. The Hall–Kier alpha value is -1.96. The van der Waals surface area contributed by atoms with Gasteiger partial charge in [0, 0.05) is 12.0 Å². The summed E-state index contributed by atoms with van der Waals surface area (Å²) < 4.78 is 13.4. The Morgan fingerprint density at radius 2 is 1.88 bits per heavy atom. The van der Waals surface area contributed by atoms with Crippen molar-refractivity contribution in [3.05, 3.63) is 71.0 Å². The average Bonchev–Trinajstić information content (AvgIpc) is 2.32. The van der Waals surface area contributed by atoms with Gasteiger partial charge in [0.2, 0.25) is 0 Å². The largest absolute Gasteiger partial charge is 0.298 e. The van der Waals surface area contributed by atoms with Gasteiger partial charge in [-0.3, -0.25) is 4.79 Å². The topological polar surface area (TPSA) is 17.1 Å². The molecule has 2 aromatic rings. The molecule has 2 aromatic carbocycles. The maximum atomic E-state index is 13.4. The Kier molecular flexibility index (Phi) is 3.10. The van der Waals surface area contributed by atoms with E-state index in [0.717, 1.165) is 11.8 Å². The third-order valence-corrected chi connectivity index (χ3v) is 2.44. The Morgan fingerprint density at radius 1 is 1.06 bits per heavy atom. The summed E-state index contributed by atoms with van der Waals surface area (Å²) in [6.07, 6.45) is 1.30. The van der Waals surface area contributed by atoms with Crippen molar-refractivity contribution >= 4 is 6.29 Å². The molecule has 0 spiro atoms. The molecule has 0 bridgehead atoms. The SMILES string of the molecule is O=Cc1cccc(Cc2ccccc2F)c1. The lowest BCUT2D eigenvalue weighted by Gasteiger charge is -2.03. The van der Waals surface area contributed by atoms with Crippen molar-refractivity contribution in [3.63, 3.8) is 0 Å². The van der Waals surface area contributed by atoms with Crippen molar-refractivity contribution in [1.82, 2.24) is 0 Å². The molecule has 0 aliphatic rings. The maximum absolute atomic E-state index is 13.4. The fourth-order valence-electron chi connectivity index (χ4n) is 1.64. The van der Waals surface area contributed by atoms with E-state index >= 15 is 0 Å². The van der Waals surface area contributed by atoms with Crippen LogP contribution in [0.2, 0.25) is 0 Å². The van der Waals surface area contributed by atoms with E-state index in [0.29, 0.717) is 17.5 Å². The molecule has 0 amide bonds. The zero-order valence-corrected chi connectivity index (χ0v) is 8.69. The van der Waals surface area contributed by atoms with Crippen LogP contribution in [0.3, 0.4) is 0 Å². The molecule has 0 N–H and O–H groups in total. The molecule has 0 radical (unpaired) electrons. The third kappa shape index (κ3) is 2.34. The van der Waals surface area contributed by atoms with Gasteiger partial charge in [-0.2, -0.15) is 0 Å². The van der Waals surface area contributed by atoms with Crippen LogP contribution in [0.5, 0.6) is 0 Å². The predicted octanol–water partition coefficient (Wildman–Crippen LogP) is 3.23. The van der Waals surface area contributed by atoms with Crippen LogP contribution in [0.25, 0.3) is 0 Å². The fourth-order valence-corrected chi connectivity index (χ4v) is 1.64. The number of halogens is 1. The highest BCUT2D eigenvalue weighted by atomic mass is 19.1. The molecule has 0 fully saturated rings. The number of benzene rings is 2. The van der Waals surface area contributed by atoms with Gasteiger partial charge in [-0.15, -0.1) is 0 Å². The summed E-state index contributed by atoms with van der Waals surface area (Å²) in [5.41, 5.74) is 2.20. The van der Waals surface area contributed by atoms with Crippen molar-refractivity contribution in [2.45, 2.75) is 6.42 Å². The molecule has 1 nitrogen and oxygen atoms in total. The second-order valence-electron chi connectivity index (χ2n) is 3.63. The van der Waals surface area contributed by atoms with Gasteiger partial charge < -0.3 is 0 Å². The standard InChI is InChI=1S/C14H11FO/c15-14-7-2-1-6-13(14)9-11-4-3-5-12(8-11)10-16/h1-8,10H,9H2. The maximum Gasteiger partial charge on any atom is 0.150 e. The Morgan fingerprint density at radius 3 is 2.62 bits per heavy atom. The Labute approximate surface area is 93.5 Å². The highest BCUT2D eigenvalue weighted by Gasteiger charge is 2.02. The smallest absolute Gasteiger partial charge is 0.150 e. The summed E-state index contributed by atoms with van der Waals surface area (Å²) in [5.74, 6) is -0.209. The minimum absolute atomic E-state index is 0.209. The number of hydrogen-bond acceptors (Lipinski definition) is 1. The summed E-state index contributed by atoms with van der Waals surface area (Å²) in [5, 5.41) is 0. The molecule has 0 aliphatic heterocycles. The molecule has 0 aliphatic carbocycles. The van der Waals surface area contributed by atoms with Gasteiger partial charge in [-0.1, -0.05) is 36.4 Å². The number of carbonyl (C=O) groups excluding carboxylic acids is 1. The molecular weight excluding hydrogens is 203 g/mol. The highest BCUT2D eigenvalue weighted by Crippen LogP contribution is 2.13. The molecule has 80 valence electrons. The van der Waals surface area contributed by atoms with Crippen molar-refractivity contribution in [2.75, 3.05) is 0 Å². The van der Waals surface area contributed by atoms with E-state index in [9.17, 15) is 9.18 Å². The summed E-state index contributed by atoms with van der Waals surface area (Å²) in [6.45, 7) is 0. The quantitative estimate of drug-likeness (QED) is 0.717. The molecule has 0 unspecified atom stereocenters. The van der Waals surface area contributed by atoms with Crippen molar-refractivity contribution < 1.29 is 9.18 Å². The summed E-state index contributed by atoms with van der Waals surface area (Å²) in [4.78, 5) is 10.6. The van der Waals surface area contributed by atoms with Crippen LogP contribution in [0.4, 0.5) is 4.39 Å². The van der Waals surface area contributed by atoms with Gasteiger partial charge in [-0.25, -0.2) is 4.39 Å². The van der Waals surface area contributed by atoms with Gasteiger partial charge in [-0.05, 0) is 23.3 Å². The molecule has 0 heterocycles. The lowest BCUT2D eigenvalue weighted by Crippen LogP contribution is -1.93. The van der Waals surface area contributed by atoms with Gasteiger partial charge >= 0.3 is 0 Å². The molecule has 2 rings (SSSR count). The van der Waals surface area contributed by atoms with Gasteiger partial charge in [0.15, 0.2) is 0 Å². The van der Waals surface area contributed by atoms with Gasteiger partial charge in [0.25, 0.3) is 0 Å². The van der Waals surface area contributed by atoms with E-state index in [4.69, 9.17) is 0 Å². The minimum Gasteiger partial charge on any atom is -0.298 e. The van der Waals surface area contributed by atoms with E-state index in [1.165, 1.54) is 6.07 Å². The van der Waals surface area contributed by atoms with Crippen LogP contribution >= 0.6 is 0 Å². The first-order valence-electron chi connectivity index (χ1n) is 5.07. The number of hydrogen-bond donors (Lipinski definition) is 0. The first-order chi connectivity index (χ1) is 7.79. The van der Waals surface area contributed by atoms with Crippen LogP contribution in [0, 0.1) is 5.82 Å². The van der Waals surface area contributed by atoms with E-state index < -0.39 is 0 Å². The second kappa shape index (κ2) is 4.71. The molecule has 2 heteroatoms. The van der Waals surface area contributed by atoms with Crippen LogP contribution in [-0.2, 0) is 6.42 Å². The average molecular weight is 214 g/mol. The van der Waals surface area contributed by atoms with E-state index in [-0.39, 0.29) is 5.82 Å². The van der Waals surface area contributed by atoms with Crippen molar-refractivity contribution in [1.29, 1.82) is 0 Å². The monoisotopic (exact) mass is 214 g/mol. The van der Waals surface area contributed by atoms with Crippen LogP contribution in [-0.4, -0.2) is 6.29 Å². The first kappa shape index (κ1) is 10.6. The number of carbonyl (C=O) groups is 1. The fraction of sp³-hybridized carbons (Fsp3) is 0.0714. The zero-order chi connectivity index (χ0) is 11.4. The molecule has 0 aromatic heterocycles. The van der Waals surface area contributed by atoms with Gasteiger partial charge in [0.1, 0.15) is 12.1 Å². The number of rotatable bonds is 3. The first-order valence-corrected chi connectivity index (χ1v) is 5.07. The molecule has 0 atom stereocenters. The number of aldehydes is 1. The van der Waals surface area contributed by atoms with E-state index in [1.807, 2.05) is 12.1 Å². The summed E-state index contributed by atoms with van der Waals surface area (Å²) >= 11 is 0. The van der Waals surface area contributed by atoms with Crippen LogP contribution in [0.1, 0.15) is 21.5 Å². The normalized spacial score (nSPS) is 10.1. The highest BCUT2D eigenvalue weighted by molar-refractivity contribution is 5.74. The van der Waals surface area contributed by atoms with Crippen molar-refractivity contribution in [2.24, 2.45) is 0 Å². The summed E-state index contributed by atoms with van der Waals surface area (Å²) in [7, 11) is 0. The Bertz CT molecular complexity index is 506. The molecule has 0 saturated heterocycles. The van der Waals surface area contributed by atoms with Crippen LogP contribution in [0.15, 0.2) is 48.5 Å². The van der Waals surface area contributed by atoms with E-state index in [2.05, 4.69) is 0 Å². The zero-order valence-electron chi connectivity index (χ0n) is 8.69. The van der Waals surface area contributed by atoms with Crippen LogP contribution < -0.4 is 0 Å². The molecule has 0 saturated carbocycles.